The number of anilines is 1. The molecule has 3 rings (SSSR count). The van der Waals surface area contributed by atoms with Crippen LogP contribution in [0.25, 0.3) is 0 Å². The Hall–Kier alpha value is -2.50. The van der Waals surface area contributed by atoms with Crippen LogP contribution in [-0.2, 0) is 4.79 Å². The number of carbonyl (C=O) groups excluding carboxylic acids is 1. The van der Waals surface area contributed by atoms with Crippen molar-refractivity contribution in [3.05, 3.63) is 41.5 Å². The van der Waals surface area contributed by atoms with E-state index in [0.29, 0.717) is 29.4 Å². The van der Waals surface area contributed by atoms with E-state index < -0.39 is 5.82 Å². The summed E-state index contributed by atoms with van der Waals surface area (Å²) in [7, 11) is 0. The van der Waals surface area contributed by atoms with Crippen LogP contribution in [0.2, 0.25) is 0 Å². The van der Waals surface area contributed by atoms with Crippen molar-refractivity contribution in [1.29, 1.82) is 0 Å². The molecular weight excluding hydrogens is 297 g/mol. The van der Waals surface area contributed by atoms with E-state index in [4.69, 9.17) is 4.74 Å². The molecule has 0 spiro atoms. The minimum atomic E-state index is -0.479. The molecule has 120 valence electrons. The summed E-state index contributed by atoms with van der Waals surface area (Å²) in [5.74, 6) is 0.0790. The van der Waals surface area contributed by atoms with Gasteiger partial charge in [-0.15, -0.1) is 0 Å². The van der Waals surface area contributed by atoms with Crippen molar-refractivity contribution in [2.75, 3.05) is 5.32 Å². The lowest BCUT2D eigenvalue weighted by molar-refractivity contribution is -0.116. The monoisotopic (exact) mass is 315 g/mol. The van der Waals surface area contributed by atoms with E-state index in [0.717, 1.165) is 12.8 Å². The third-order valence-electron chi connectivity index (χ3n) is 3.72. The Morgan fingerprint density at radius 2 is 1.91 bits per heavy atom. The molecule has 1 amide bonds. The zero-order valence-corrected chi connectivity index (χ0v) is 13.1. The molecule has 2 aromatic rings. The zero-order chi connectivity index (χ0) is 16.4. The van der Waals surface area contributed by atoms with Gasteiger partial charge in [0.25, 0.3) is 0 Å². The summed E-state index contributed by atoms with van der Waals surface area (Å²) in [6, 6.07) is 6.13. The highest BCUT2D eigenvalue weighted by Crippen LogP contribution is 2.33. The van der Waals surface area contributed by atoms with Gasteiger partial charge in [-0.25, -0.2) is 4.39 Å². The van der Waals surface area contributed by atoms with E-state index in [9.17, 15) is 9.18 Å². The Balaban J connectivity index is 1.76. The molecule has 5 nitrogen and oxygen atoms in total. The number of ether oxygens (including phenoxy) is 1. The van der Waals surface area contributed by atoms with Crippen LogP contribution in [0.4, 0.5) is 10.1 Å². The van der Waals surface area contributed by atoms with E-state index in [-0.39, 0.29) is 17.7 Å². The van der Waals surface area contributed by atoms with Crippen molar-refractivity contribution < 1.29 is 13.9 Å². The lowest BCUT2D eigenvalue weighted by Crippen LogP contribution is -2.15. The second-order valence-corrected chi connectivity index (χ2v) is 5.78. The first-order valence-corrected chi connectivity index (χ1v) is 7.60. The number of para-hydroxylation sites is 1. The van der Waals surface area contributed by atoms with Crippen LogP contribution < -0.4 is 10.1 Å². The topological polar surface area (TPSA) is 64.1 Å². The predicted octanol–water partition coefficient (Wildman–Crippen LogP) is 3.76. The number of amides is 1. The van der Waals surface area contributed by atoms with Crippen LogP contribution in [0.3, 0.4) is 0 Å². The smallest absolute Gasteiger partial charge is 0.322 e. The number of benzene rings is 1. The number of aromatic nitrogens is 2. The lowest BCUT2D eigenvalue weighted by Gasteiger charge is -2.12. The third kappa shape index (κ3) is 3.83. The molecule has 6 heteroatoms. The largest absolute Gasteiger partial charge is 0.421 e. The van der Waals surface area contributed by atoms with E-state index in [1.54, 1.807) is 26.0 Å². The van der Waals surface area contributed by atoms with Crippen molar-refractivity contribution in [1.82, 2.24) is 9.97 Å². The quantitative estimate of drug-likeness (QED) is 0.912. The standard InChI is InChI=1S/C17H18FN3O2/c1-10-16(21-15(22)9-12-7-8-12)11(2)20-17(19-10)23-14-6-4-3-5-13(14)18/h3-6,12H,7-9H2,1-2H3,(H,21,22). The third-order valence-corrected chi connectivity index (χ3v) is 3.72. The summed E-state index contributed by atoms with van der Waals surface area (Å²) >= 11 is 0. The summed E-state index contributed by atoms with van der Waals surface area (Å²) in [6.07, 6.45) is 2.78. The first-order chi connectivity index (χ1) is 11.0. The minimum Gasteiger partial charge on any atom is -0.421 e. The van der Waals surface area contributed by atoms with Crippen LogP contribution in [-0.4, -0.2) is 15.9 Å². The molecule has 0 radical (unpaired) electrons. The predicted molar refractivity (Wildman–Crippen MR) is 84.0 cm³/mol. The Bertz CT molecular complexity index is 721. The van der Waals surface area contributed by atoms with Gasteiger partial charge < -0.3 is 10.1 Å². The van der Waals surface area contributed by atoms with Gasteiger partial charge in [-0.1, -0.05) is 12.1 Å². The molecule has 0 atom stereocenters. The number of hydrogen-bond donors (Lipinski definition) is 1. The van der Waals surface area contributed by atoms with Crippen molar-refractivity contribution in [3.8, 4) is 11.8 Å². The Morgan fingerprint density at radius 3 is 2.52 bits per heavy atom. The fourth-order valence-corrected chi connectivity index (χ4v) is 2.31. The average molecular weight is 315 g/mol. The molecular formula is C17H18FN3O2. The molecule has 1 heterocycles. The Kier molecular flexibility index (Phi) is 4.23. The van der Waals surface area contributed by atoms with Gasteiger partial charge in [-0.3, -0.25) is 4.79 Å². The molecule has 0 saturated heterocycles. The van der Waals surface area contributed by atoms with Gasteiger partial charge in [0.2, 0.25) is 5.91 Å². The number of aryl methyl sites for hydroxylation is 2. The van der Waals surface area contributed by atoms with Gasteiger partial charge in [-0.05, 0) is 44.7 Å². The van der Waals surface area contributed by atoms with E-state index in [1.165, 1.54) is 12.1 Å². The summed E-state index contributed by atoms with van der Waals surface area (Å²) in [4.78, 5) is 20.3. The van der Waals surface area contributed by atoms with Gasteiger partial charge in [0, 0.05) is 6.42 Å². The maximum absolute atomic E-state index is 13.6. The van der Waals surface area contributed by atoms with E-state index >= 15 is 0 Å². The molecule has 0 aliphatic heterocycles. The number of carbonyl (C=O) groups is 1. The fourth-order valence-electron chi connectivity index (χ4n) is 2.31. The highest BCUT2D eigenvalue weighted by molar-refractivity contribution is 5.92. The normalized spacial score (nSPS) is 13.7. The molecule has 1 N–H and O–H groups in total. The number of hydrogen-bond acceptors (Lipinski definition) is 4. The molecule has 1 saturated carbocycles. The number of nitrogens with zero attached hydrogens (tertiary/aromatic N) is 2. The van der Waals surface area contributed by atoms with Crippen LogP contribution in [0.15, 0.2) is 24.3 Å². The molecule has 1 fully saturated rings. The van der Waals surface area contributed by atoms with Crippen molar-refractivity contribution >= 4 is 11.6 Å². The minimum absolute atomic E-state index is 0.0231. The molecule has 1 aliphatic rings. The van der Waals surface area contributed by atoms with Gasteiger partial charge in [-0.2, -0.15) is 9.97 Å². The second kappa shape index (κ2) is 6.32. The first-order valence-electron chi connectivity index (χ1n) is 7.60. The molecule has 23 heavy (non-hydrogen) atoms. The first kappa shape index (κ1) is 15.4. The number of rotatable bonds is 5. The summed E-state index contributed by atoms with van der Waals surface area (Å²) in [6.45, 7) is 3.52. The highest BCUT2D eigenvalue weighted by atomic mass is 19.1. The number of halogens is 1. The van der Waals surface area contributed by atoms with Crippen molar-refractivity contribution in [2.45, 2.75) is 33.1 Å². The summed E-state index contributed by atoms with van der Waals surface area (Å²) < 4.78 is 19.0. The number of nitrogens with one attached hydrogen (secondary N) is 1. The van der Waals surface area contributed by atoms with Gasteiger partial charge in [0.15, 0.2) is 11.6 Å². The van der Waals surface area contributed by atoms with Crippen LogP contribution in [0.1, 0.15) is 30.7 Å². The Labute approximate surface area is 133 Å². The van der Waals surface area contributed by atoms with Crippen molar-refractivity contribution in [3.63, 3.8) is 0 Å². The molecule has 1 aromatic heterocycles. The molecule has 0 unspecified atom stereocenters. The SMILES string of the molecule is Cc1nc(Oc2ccccc2F)nc(C)c1NC(=O)CC1CC1. The summed E-state index contributed by atoms with van der Waals surface area (Å²) in [5.41, 5.74) is 1.78. The molecule has 0 bridgehead atoms. The lowest BCUT2D eigenvalue weighted by atomic mass is 10.2. The summed E-state index contributed by atoms with van der Waals surface area (Å²) in [5, 5.41) is 2.86. The Morgan fingerprint density at radius 1 is 1.26 bits per heavy atom. The van der Waals surface area contributed by atoms with Crippen LogP contribution in [0, 0.1) is 25.6 Å². The zero-order valence-electron chi connectivity index (χ0n) is 13.1. The highest BCUT2D eigenvalue weighted by Gasteiger charge is 2.25. The molecule has 1 aliphatic carbocycles. The second-order valence-electron chi connectivity index (χ2n) is 5.78. The van der Waals surface area contributed by atoms with Gasteiger partial charge in [0.1, 0.15) is 0 Å². The average Bonchev–Trinajstić information content (AvgIpc) is 3.29. The van der Waals surface area contributed by atoms with E-state index in [1.807, 2.05) is 0 Å². The molecule has 1 aromatic carbocycles. The van der Waals surface area contributed by atoms with Gasteiger partial charge >= 0.3 is 6.01 Å². The van der Waals surface area contributed by atoms with Crippen LogP contribution >= 0.6 is 0 Å². The van der Waals surface area contributed by atoms with Crippen LogP contribution in [0.5, 0.6) is 11.8 Å². The van der Waals surface area contributed by atoms with E-state index in [2.05, 4.69) is 15.3 Å². The van der Waals surface area contributed by atoms with Gasteiger partial charge in [0.05, 0.1) is 17.1 Å². The maximum atomic E-state index is 13.6. The van der Waals surface area contributed by atoms with Crippen molar-refractivity contribution in [2.24, 2.45) is 5.92 Å². The fraction of sp³-hybridized carbons (Fsp3) is 0.353. The maximum Gasteiger partial charge on any atom is 0.322 e.